The van der Waals surface area contributed by atoms with Crippen LogP contribution in [0.4, 0.5) is 0 Å². The molecule has 2 aromatic rings. The molecule has 2 aromatic carbocycles. The van der Waals surface area contributed by atoms with Gasteiger partial charge in [-0.25, -0.2) is 0 Å². The summed E-state index contributed by atoms with van der Waals surface area (Å²) < 4.78 is 11.2. The topological polar surface area (TPSA) is 62.2 Å². The van der Waals surface area contributed by atoms with Gasteiger partial charge in [-0.05, 0) is 24.5 Å². The summed E-state index contributed by atoms with van der Waals surface area (Å²) in [6.45, 7) is 3.88. The number of β-amino-alcohol motifs (C(OH)–C–C–N with tert-alkyl or cyclic N) is 1. The van der Waals surface area contributed by atoms with Gasteiger partial charge in [-0.3, -0.25) is 4.90 Å². The molecule has 1 fully saturated rings. The molecule has 5 nitrogen and oxygen atoms in total. The summed E-state index contributed by atoms with van der Waals surface area (Å²) in [6.07, 6.45) is 0.256. The van der Waals surface area contributed by atoms with Gasteiger partial charge in [0.1, 0.15) is 18.5 Å². The Morgan fingerprint density at radius 2 is 1.67 bits per heavy atom. The molecule has 2 atom stereocenters. The van der Waals surface area contributed by atoms with E-state index in [0.717, 1.165) is 25.1 Å². The quantitative estimate of drug-likeness (QED) is 0.709. The lowest BCUT2D eigenvalue weighted by Crippen LogP contribution is -2.42. The summed E-state index contributed by atoms with van der Waals surface area (Å²) in [5, 5.41) is 20.9. The van der Waals surface area contributed by atoms with Gasteiger partial charge in [0.05, 0.1) is 19.3 Å². The van der Waals surface area contributed by atoms with E-state index in [-0.39, 0.29) is 6.61 Å². The van der Waals surface area contributed by atoms with Crippen LogP contribution in [0.2, 0.25) is 0 Å². The number of aliphatic hydroxyl groups excluding tert-OH is 2. The molecule has 0 unspecified atom stereocenters. The monoisotopic (exact) mass is 371 g/mol. The summed E-state index contributed by atoms with van der Waals surface area (Å²) in [5.41, 5.74) is 1.97. The van der Waals surface area contributed by atoms with Gasteiger partial charge in [0, 0.05) is 25.2 Å². The molecular weight excluding hydrogens is 342 g/mol. The Labute approximate surface area is 161 Å². The Kier molecular flexibility index (Phi) is 7.66. The van der Waals surface area contributed by atoms with E-state index in [9.17, 15) is 10.2 Å². The zero-order valence-electron chi connectivity index (χ0n) is 15.7. The lowest BCUT2D eigenvalue weighted by molar-refractivity contribution is 0.00431. The SMILES string of the molecule is O[C@@H](COc1ccccc1[C@H](O)CCc1ccccc1)CN1CCOCC1. The molecule has 0 bridgehead atoms. The first-order valence-electron chi connectivity index (χ1n) is 9.64. The smallest absolute Gasteiger partial charge is 0.125 e. The largest absolute Gasteiger partial charge is 0.490 e. The molecule has 27 heavy (non-hydrogen) atoms. The number of aryl methyl sites for hydroxylation is 1. The number of nitrogens with zero attached hydrogens (tertiary/aromatic N) is 1. The molecule has 0 amide bonds. The molecule has 1 saturated heterocycles. The number of hydrogen-bond donors (Lipinski definition) is 2. The van der Waals surface area contributed by atoms with Gasteiger partial charge >= 0.3 is 0 Å². The molecule has 0 radical (unpaired) electrons. The van der Waals surface area contributed by atoms with Crippen LogP contribution in [0.1, 0.15) is 23.7 Å². The van der Waals surface area contributed by atoms with Crippen molar-refractivity contribution in [2.45, 2.75) is 25.0 Å². The van der Waals surface area contributed by atoms with E-state index in [4.69, 9.17) is 9.47 Å². The maximum atomic E-state index is 10.6. The van der Waals surface area contributed by atoms with Crippen molar-refractivity contribution in [2.75, 3.05) is 39.5 Å². The minimum Gasteiger partial charge on any atom is -0.490 e. The van der Waals surface area contributed by atoms with Gasteiger partial charge in [-0.15, -0.1) is 0 Å². The van der Waals surface area contributed by atoms with Gasteiger partial charge in [0.2, 0.25) is 0 Å². The molecule has 5 heteroatoms. The minimum absolute atomic E-state index is 0.208. The van der Waals surface area contributed by atoms with E-state index in [0.29, 0.717) is 31.9 Å². The van der Waals surface area contributed by atoms with Gasteiger partial charge in [-0.2, -0.15) is 0 Å². The van der Waals surface area contributed by atoms with Gasteiger partial charge < -0.3 is 19.7 Å². The first-order chi connectivity index (χ1) is 13.2. The normalized spacial score (nSPS) is 17.4. The van der Waals surface area contributed by atoms with Crippen molar-refractivity contribution in [1.82, 2.24) is 4.90 Å². The summed E-state index contributed by atoms with van der Waals surface area (Å²) in [5.74, 6) is 0.638. The Morgan fingerprint density at radius 1 is 0.963 bits per heavy atom. The van der Waals surface area contributed by atoms with E-state index in [1.165, 1.54) is 5.56 Å². The highest BCUT2D eigenvalue weighted by Gasteiger charge is 2.17. The molecule has 1 aliphatic rings. The van der Waals surface area contributed by atoms with Gasteiger partial charge in [-0.1, -0.05) is 48.5 Å². The van der Waals surface area contributed by atoms with E-state index in [2.05, 4.69) is 17.0 Å². The summed E-state index contributed by atoms with van der Waals surface area (Å²) in [7, 11) is 0. The Balaban J connectivity index is 1.51. The highest BCUT2D eigenvalue weighted by molar-refractivity contribution is 5.35. The van der Waals surface area contributed by atoms with Crippen LogP contribution in [0.15, 0.2) is 54.6 Å². The second-order valence-electron chi connectivity index (χ2n) is 6.96. The van der Waals surface area contributed by atoms with E-state index in [1.54, 1.807) is 0 Å². The lowest BCUT2D eigenvalue weighted by Gasteiger charge is -2.28. The Bertz CT molecular complexity index is 673. The number of ether oxygens (including phenoxy) is 2. The molecule has 0 aliphatic carbocycles. The maximum absolute atomic E-state index is 10.6. The molecule has 0 aromatic heterocycles. The van der Waals surface area contributed by atoms with Crippen molar-refractivity contribution in [3.05, 3.63) is 65.7 Å². The van der Waals surface area contributed by atoms with Crippen LogP contribution in [0, 0.1) is 0 Å². The van der Waals surface area contributed by atoms with Gasteiger partial charge in [0.25, 0.3) is 0 Å². The van der Waals surface area contributed by atoms with Crippen LogP contribution in [0.25, 0.3) is 0 Å². The zero-order valence-corrected chi connectivity index (χ0v) is 15.7. The molecule has 1 aliphatic heterocycles. The number of morpholine rings is 1. The molecule has 0 saturated carbocycles. The van der Waals surface area contributed by atoms with Crippen LogP contribution >= 0.6 is 0 Å². The third-order valence-corrected chi connectivity index (χ3v) is 4.83. The van der Waals surface area contributed by atoms with Crippen molar-refractivity contribution in [1.29, 1.82) is 0 Å². The molecule has 3 rings (SSSR count). The summed E-state index contributed by atoms with van der Waals surface area (Å²) in [6, 6.07) is 17.7. The Hall–Kier alpha value is -1.92. The maximum Gasteiger partial charge on any atom is 0.125 e. The fourth-order valence-electron chi connectivity index (χ4n) is 3.31. The molecule has 2 N–H and O–H groups in total. The highest BCUT2D eigenvalue weighted by atomic mass is 16.5. The molecule has 1 heterocycles. The average Bonchev–Trinajstić information content (AvgIpc) is 2.72. The second-order valence-corrected chi connectivity index (χ2v) is 6.96. The van der Waals surface area contributed by atoms with Gasteiger partial charge in [0.15, 0.2) is 0 Å². The van der Waals surface area contributed by atoms with Crippen molar-refractivity contribution >= 4 is 0 Å². The number of hydrogen-bond acceptors (Lipinski definition) is 5. The van der Waals surface area contributed by atoms with Crippen LogP contribution in [-0.4, -0.2) is 60.7 Å². The van der Waals surface area contributed by atoms with E-state index < -0.39 is 12.2 Å². The third kappa shape index (κ3) is 6.33. The predicted octanol–water partition coefficient (Wildman–Crippen LogP) is 2.42. The van der Waals surface area contributed by atoms with Crippen LogP contribution in [-0.2, 0) is 11.2 Å². The third-order valence-electron chi connectivity index (χ3n) is 4.83. The second kappa shape index (κ2) is 10.4. The van der Waals surface area contributed by atoms with Crippen LogP contribution in [0.5, 0.6) is 5.75 Å². The summed E-state index contributed by atoms with van der Waals surface area (Å²) in [4.78, 5) is 2.18. The standard InChI is InChI=1S/C22H29NO4/c24-19(16-23-12-14-26-15-13-23)17-27-22-9-5-4-8-20(22)21(25)11-10-18-6-2-1-3-7-18/h1-9,19,21,24-25H,10-17H2/t19-,21-/m1/s1. The first kappa shape index (κ1) is 19.8. The molecule has 0 spiro atoms. The van der Waals surface area contributed by atoms with E-state index >= 15 is 0 Å². The minimum atomic E-state index is -0.599. The van der Waals surface area contributed by atoms with Crippen molar-refractivity contribution < 1.29 is 19.7 Å². The van der Waals surface area contributed by atoms with Crippen LogP contribution < -0.4 is 4.74 Å². The van der Waals surface area contributed by atoms with Crippen LogP contribution in [0.3, 0.4) is 0 Å². The molecular formula is C22H29NO4. The number of rotatable bonds is 9. The number of aliphatic hydroxyl groups is 2. The van der Waals surface area contributed by atoms with Crippen molar-refractivity contribution in [3.63, 3.8) is 0 Å². The lowest BCUT2D eigenvalue weighted by atomic mass is 10.0. The van der Waals surface area contributed by atoms with Crippen molar-refractivity contribution in [2.24, 2.45) is 0 Å². The number of para-hydroxylation sites is 1. The molecule has 146 valence electrons. The van der Waals surface area contributed by atoms with E-state index in [1.807, 2.05) is 42.5 Å². The average molecular weight is 371 g/mol. The Morgan fingerprint density at radius 3 is 2.44 bits per heavy atom. The highest BCUT2D eigenvalue weighted by Crippen LogP contribution is 2.28. The predicted molar refractivity (Wildman–Crippen MR) is 105 cm³/mol. The zero-order chi connectivity index (χ0) is 18.9. The number of benzene rings is 2. The fourth-order valence-corrected chi connectivity index (χ4v) is 3.31. The van der Waals surface area contributed by atoms with Crippen molar-refractivity contribution in [3.8, 4) is 5.75 Å². The summed E-state index contributed by atoms with van der Waals surface area (Å²) >= 11 is 0. The first-order valence-corrected chi connectivity index (χ1v) is 9.64. The fraction of sp³-hybridized carbons (Fsp3) is 0.455.